The van der Waals surface area contributed by atoms with Crippen molar-refractivity contribution in [1.29, 1.82) is 0 Å². The standard InChI is InChI=1S/C24H22Cl2O4S/c1-16-2-12-22(13-3-16)31(27,28)30-21-14-23(17-4-8-19(25)9-5-17)29-24(15-21)18-6-10-20(26)11-7-18/h2-13,21,23-24H,14-15H2,1H3. The Bertz CT molecular complexity index is 1070. The summed E-state index contributed by atoms with van der Waals surface area (Å²) in [6.07, 6.45) is -0.371. The van der Waals surface area contributed by atoms with Crippen LogP contribution in [0.15, 0.2) is 77.7 Å². The van der Waals surface area contributed by atoms with E-state index in [1.807, 2.05) is 31.2 Å². The fourth-order valence-electron chi connectivity index (χ4n) is 3.69. The Morgan fingerprint density at radius 1 is 0.774 bits per heavy atom. The highest BCUT2D eigenvalue weighted by Crippen LogP contribution is 2.41. The van der Waals surface area contributed by atoms with Crippen LogP contribution in [0.2, 0.25) is 10.0 Å². The molecule has 0 radical (unpaired) electrons. The van der Waals surface area contributed by atoms with Gasteiger partial charge >= 0.3 is 0 Å². The molecule has 1 aliphatic heterocycles. The van der Waals surface area contributed by atoms with Crippen molar-refractivity contribution in [2.45, 2.75) is 43.0 Å². The van der Waals surface area contributed by atoms with E-state index in [0.717, 1.165) is 16.7 Å². The molecule has 2 unspecified atom stereocenters. The Labute approximate surface area is 192 Å². The molecule has 0 amide bonds. The minimum Gasteiger partial charge on any atom is -0.365 e. The molecule has 3 aromatic rings. The quantitative estimate of drug-likeness (QED) is 0.385. The van der Waals surface area contributed by atoms with Crippen LogP contribution in [0.5, 0.6) is 0 Å². The van der Waals surface area contributed by atoms with Gasteiger partial charge in [-0.05, 0) is 54.4 Å². The summed E-state index contributed by atoms with van der Waals surface area (Å²) >= 11 is 12.1. The Hall–Kier alpha value is -1.89. The number of hydrogen-bond donors (Lipinski definition) is 0. The summed E-state index contributed by atoms with van der Waals surface area (Å²) in [7, 11) is -3.90. The molecule has 162 valence electrons. The van der Waals surface area contributed by atoms with E-state index >= 15 is 0 Å². The van der Waals surface area contributed by atoms with Crippen LogP contribution >= 0.6 is 23.2 Å². The second-order valence-corrected chi connectivity index (χ2v) is 10.1. The smallest absolute Gasteiger partial charge is 0.297 e. The fraction of sp³-hybridized carbons (Fsp3) is 0.250. The van der Waals surface area contributed by atoms with Crippen molar-refractivity contribution in [3.63, 3.8) is 0 Å². The van der Waals surface area contributed by atoms with E-state index in [2.05, 4.69) is 0 Å². The third kappa shape index (κ3) is 5.48. The van der Waals surface area contributed by atoms with E-state index in [0.29, 0.717) is 22.9 Å². The highest BCUT2D eigenvalue weighted by Gasteiger charge is 2.35. The SMILES string of the molecule is Cc1ccc(S(=O)(=O)OC2CC(c3ccc(Cl)cc3)OC(c3ccc(Cl)cc3)C2)cc1. The van der Waals surface area contributed by atoms with Gasteiger partial charge in [0.25, 0.3) is 10.1 Å². The number of halogens is 2. The molecule has 3 aromatic carbocycles. The molecular formula is C24H22Cl2O4S. The average molecular weight is 477 g/mol. The van der Waals surface area contributed by atoms with E-state index in [-0.39, 0.29) is 17.1 Å². The van der Waals surface area contributed by atoms with Gasteiger partial charge in [0.1, 0.15) is 0 Å². The molecule has 0 saturated carbocycles. The minimum absolute atomic E-state index is 0.149. The first-order valence-electron chi connectivity index (χ1n) is 9.96. The molecule has 0 spiro atoms. The molecule has 0 aromatic heterocycles. The molecule has 0 N–H and O–H groups in total. The van der Waals surface area contributed by atoms with Gasteiger partial charge in [0.2, 0.25) is 0 Å². The van der Waals surface area contributed by atoms with E-state index in [9.17, 15) is 8.42 Å². The van der Waals surface area contributed by atoms with Gasteiger partial charge in [0.05, 0.1) is 23.2 Å². The van der Waals surface area contributed by atoms with Crippen LogP contribution in [0.1, 0.15) is 41.7 Å². The zero-order chi connectivity index (χ0) is 22.0. The van der Waals surface area contributed by atoms with Gasteiger partial charge in [0, 0.05) is 22.9 Å². The fourth-order valence-corrected chi connectivity index (χ4v) is 5.03. The van der Waals surface area contributed by atoms with Gasteiger partial charge in [-0.15, -0.1) is 0 Å². The van der Waals surface area contributed by atoms with Crippen molar-refractivity contribution in [1.82, 2.24) is 0 Å². The minimum atomic E-state index is -3.90. The summed E-state index contributed by atoms with van der Waals surface area (Å²) < 4.78 is 37.8. The molecule has 1 fully saturated rings. The lowest BCUT2D eigenvalue weighted by Gasteiger charge is -2.35. The Morgan fingerprint density at radius 3 is 1.68 bits per heavy atom. The van der Waals surface area contributed by atoms with Crippen LogP contribution in [0.4, 0.5) is 0 Å². The molecule has 1 aliphatic rings. The zero-order valence-electron chi connectivity index (χ0n) is 16.9. The largest absolute Gasteiger partial charge is 0.365 e. The lowest BCUT2D eigenvalue weighted by molar-refractivity contribution is -0.0920. The monoisotopic (exact) mass is 476 g/mol. The third-order valence-corrected chi connectivity index (χ3v) is 7.22. The molecule has 7 heteroatoms. The van der Waals surface area contributed by atoms with Crippen molar-refractivity contribution >= 4 is 33.3 Å². The van der Waals surface area contributed by atoms with Gasteiger partial charge in [-0.3, -0.25) is 4.18 Å². The topological polar surface area (TPSA) is 52.6 Å². The molecule has 31 heavy (non-hydrogen) atoms. The second kappa shape index (κ2) is 9.31. The molecule has 4 nitrogen and oxygen atoms in total. The van der Waals surface area contributed by atoms with Crippen molar-refractivity contribution in [2.75, 3.05) is 0 Å². The maximum absolute atomic E-state index is 12.9. The molecule has 0 bridgehead atoms. The Kier molecular flexibility index (Phi) is 6.70. The van der Waals surface area contributed by atoms with E-state index < -0.39 is 16.2 Å². The Balaban J connectivity index is 1.61. The summed E-state index contributed by atoms with van der Waals surface area (Å²) in [5, 5.41) is 1.26. The van der Waals surface area contributed by atoms with Crippen molar-refractivity contribution in [3.05, 3.63) is 99.5 Å². The first-order valence-corrected chi connectivity index (χ1v) is 12.1. The molecule has 2 atom stereocenters. The highest BCUT2D eigenvalue weighted by molar-refractivity contribution is 7.86. The number of hydrogen-bond acceptors (Lipinski definition) is 4. The molecule has 1 heterocycles. The van der Waals surface area contributed by atoms with Crippen LogP contribution in [0.25, 0.3) is 0 Å². The van der Waals surface area contributed by atoms with Crippen LogP contribution < -0.4 is 0 Å². The number of rotatable bonds is 5. The van der Waals surface area contributed by atoms with Gasteiger partial charge in [-0.2, -0.15) is 8.42 Å². The second-order valence-electron chi connectivity index (χ2n) is 7.67. The number of ether oxygens (including phenoxy) is 1. The van der Waals surface area contributed by atoms with Crippen LogP contribution in [-0.4, -0.2) is 14.5 Å². The lowest BCUT2D eigenvalue weighted by Crippen LogP contribution is -2.30. The van der Waals surface area contributed by atoms with Crippen molar-refractivity contribution in [2.24, 2.45) is 0 Å². The average Bonchev–Trinajstić information content (AvgIpc) is 2.74. The molecular weight excluding hydrogens is 455 g/mol. The first kappa shape index (κ1) is 22.3. The number of aryl methyl sites for hydroxylation is 1. The summed E-state index contributed by atoms with van der Waals surface area (Å²) in [6, 6.07) is 21.4. The maximum atomic E-state index is 12.9. The van der Waals surface area contributed by atoms with E-state index in [4.69, 9.17) is 32.1 Å². The maximum Gasteiger partial charge on any atom is 0.297 e. The third-order valence-electron chi connectivity index (χ3n) is 5.34. The van der Waals surface area contributed by atoms with Gasteiger partial charge in [-0.1, -0.05) is 65.2 Å². The number of benzene rings is 3. The summed E-state index contributed by atoms with van der Waals surface area (Å²) in [6.45, 7) is 1.91. The zero-order valence-corrected chi connectivity index (χ0v) is 19.2. The molecule has 1 saturated heterocycles. The van der Waals surface area contributed by atoms with Crippen LogP contribution in [-0.2, 0) is 19.0 Å². The predicted octanol–water partition coefficient (Wildman–Crippen LogP) is 6.67. The Morgan fingerprint density at radius 2 is 1.23 bits per heavy atom. The van der Waals surface area contributed by atoms with Crippen molar-refractivity contribution in [3.8, 4) is 0 Å². The van der Waals surface area contributed by atoms with E-state index in [1.165, 1.54) is 0 Å². The highest BCUT2D eigenvalue weighted by atomic mass is 35.5. The van der Waals surface area contributed by atoms with Crippen LogP contribution in [0.3, 0.4) is 0 Å². The summed E-state index contributed by atoms with van der Waals surface area (Å²) in [4.78, 5) is 0.149. The molecule has 0 aliphatic carbocycles. The summed E-state index contributed by atoms with van der Waals surface area (Å²) in [5.41, 5.74) is 2.82. The van der Waals surface area contributed by atoms with Gasteiger partial charge < -0.3 is 4.74 Å². The van der Waals surface area contributed by atoms with Gasteiger partial charge in [-0.25, -0.2) is 0 Å². The lowest BCUT2D eigenvalue weighted by atomic mass is 9.93. The van der Waals surface area contributed by atoms with E-state index in [1.54, 1.807) is 48.5 Å². The van der Waals surface area contributed by atoms with Crippen LogP contribution in [0, 0.1) is 6.92 Å². The molecule has 4 rings (SSSR count). The summed E-state index contributed by atoms with van der Waals surface area (Å²) in [5.74, 6) is 0. The predicted molar refractivity (Wildman–Crippen MR) is 122 cm³/mol. The normalized spacial score (nSPS) is 21.7. The first-order chi connectivity index (χ1) is 14.8. The van der Waals surface area contributed by atoms with Crippen molar-refractivity contribution < 1.29 is 17.3 Å². The van der Waals surface area contributed by atoms with Gasteiger partial charge in [0.15, 0.2) is 0 Å².